The van der Waals surface area contributed by atoms with Crippen LogP contribution in [-0.4, -0.2) is 48.9 Å². The van der Waals surface area contributed by atoms with E-state index in [1.54, 1.807) is 33.2 Å². The van der Waals surface area contributed by atoms with Crippen molar-refractivity contribution in [1.29, 1.82) is 0 Å². The average molecular weight is 610 g/mol. The van der Waals surface area contributed by atoms with Crippen LogP contribution >= 0.6 is 31.9 Å². The highest BCUT2D eigenvalue weighted by Crippen LogP contribution is 2.42. The summed E-state index contributed by atoms with van der Waals surface area (Å²) in [4.78, 5) is 27.8. The molecular formula is C24H28Br2N5O4+. The topological polar surface area (TPSA) is 107 Å². The summed E-state index contributed by atoms with van der Waals surface area (Å²) in [6.07, 6.45) is 1.72. The summed E-state index contributed by atoms with van der Waals surface area (Å²) in [5, 5.41) is 18.9. The van der Waals surface area contributed by atoms with E-state index < -0.39 is 27.9 Å². The number of aromatic nitrogens is 3. The Balaban J connectivity index is 0.000000196. The van der Waals surface area contributed by atoms with E-state index in [2.05, 4.69) is 47.0 Å². The van der Waals surface area contributed by atoms with Gasteiger partial charge in [0.1, 0.15) is 16.9 Å². The highest BCUT2D eigenvalue weighted by atomic mass is 79.9. The molecule has 1 N–H and O–H groups in total. The van der Waals surface area contributed by atoms with Gasteiger partial charge in [-0.2, -0.15) is 9.89 Å². The van der Waals surface area contributed by atoms with Crippen LogP contribution in [0.25, 0.3) is 11.0 Å². The van der Waals surface area contributed by atoms with Gasteiger partial charge in [0, 0.05) is 26.6 Å². The van der Waals surface area contributed by atoms with Crippen LogP contribution in [0.3, 0.4) is 0 Å². The van der Waals surface area contributed by atoms with Gasteiger partial charge in [-0.15, -0.1) is 4.68 Å². The fourth-order valence-corrected chi connectivity index (χ4v) is 4.40. The molecule has 4 rings (SSSR count). The van der Waals surface area contributed by atoms with E-state index in [-0.39, 0.29) is 0 Å². The van der Waals surface area contributed by atoms with E-state index in [0.29, 0.717) is 5.65 Å². The van der Waals surface area contributed by atoms with Crippen LogP contribution in [0, 0.1) is 0 Å². The molecule has 3 aromatic rings. The van der Waals surface area contributed by atoms with Crippen LogP contribution in [0.2, 0.25) is 0 Å². The first-order chi connectivity index (χ1) is 16.1. The Morgan fingerprint density at radius 1 is 1.03 bits per heavy atom. The Bertz CT molecular complexity index is 1340. The zero-order valence-electron chi connectivity index (χ0n) is 20.6. The van der Waals surface area contributed by atoms with Gasteiger partial charge in [0.25, 0.3) is 0 Å². The van der Waals surface area contributed by atoms with E-state index in [9.17, 15) is 14.7 Å². The number of halogens is 2. The van der Waals surface area contributed by atoms with E-state index in [1.807, 2.05) is 52.0 Å². The molecule has 1 aromatic carbocycles. The van der Waals surface area contributed by atoms with Gasteiger partial charge in [-0.3, -0.25) is 0 Å². The second-order valence-corrected chi connectivity index (χ2v) is 11.9. The number of hydrogen-bond donors (Lipinski definition) is 1. The summed E-state index contributed by atoms with van der Waals surface area (Å²) in [6, 6.07) is 7.45. The normalized spacial score (nSPS) is 17.3. The fourth-order valence-electron chi connectivity index (χ4n) is 3.69. The minimum atomic E-state index is -0.956. The van der Waals surface area contributed by atoms with Crippen molar-refractivity contribution < 1.29 is 19.4 Å². The maximum Gasteiger partial charge on any atom is 0.546 e. The molecule has 11 heteroatoms. The van der Waals surface area contributed by atoms with Crippen molar-refractivity contribution in [3.05, 3.63) is 51.2 Å². The Morgan fingerprint density at radius 3 is 2.26 bits per heavy atom. The summed E-state index contributed by atoms with van der Waals surface area (Å²) >= 11 is 6.72. The summed E-state index contributed by atoms with van der Waals surface area (Å²) in [5.74, 6) is 0. The lowest BCUT2D eigenvalue weighted by Crippen LogP contribution is -2.60. The molecule has 186 valence electrons. The van der Waals surface area contributed by atoms with Crippen LogP contribution in [-0.2, 0) is 4.74 Å². The van der Waals surface area contributed by atoms with E-state index in [1.165, 1.54) is 0 Å². The molecule has 1 atom stereocenters. The zero-order chi connectivity index (χ0) is 26.3. The molecule has 1 aliphatic heterocycles. The summed E-state index contributed by atoms with van der Waals surface area (Å²) in [7, 11) is 0. The van der Waals surface area contributed by atoms with Crippen molar-refractivity contribution in [2.75, 3.05) is 0 Å². The zero-order valence-corrected chi connectivity index (χ0v) is 23.8. The van der Waals surface area contributed by atoms with Gasteiger partial charge in [0.15, 0.2) is 11.3 Å². The molecule has 2 aromatic heterocycles. The second-order valence-electron chi connectivity index (χ2n) is 10.0. The first kappa shape index (κ1) is 27.0. The lowest BCUT2D eigenvalue weighted by Gasteiger charge is -2.35. The SMILES string of the molecule is CC(C)(C)OC(=O)n1ncc2cc(Br)cnc21.CC1=N[N+](C(=O)O)(C(C)(C)C)c2ccc(Br)cc21. The number of carbonyl (C=O) groups is 2. The average Bonchev–Trinajstić information content (AvgIpc) is 3.26. The molecule has 3 heterocycles. The predicted octanol–water partition coefficient (Wildman–Crippen LogP) is 6.95. The molecule has 0 aliphatic carbocycles. The molecule has 9 nitrogen and oxygen atoms in total. The molecule has 0 saturated carbocycles. The third-order valence-corrected chi connectivity index (χ3v) is 6.11. The predicted molar refractivity (Wildman–Crippen MR) is 143 cm³/mol. The fraction of sp³-hybridized carbons (Fsp3) is 0.375. The lowest BCUT2D eigenvalue weighted by atomic mass is 10.0. The third-order valence-electron chi connectivity index (χ3n) is 5.19. The quantitative estimate of drug-likeness (QED) is 0.276. The Morgan fingerprint density at radius 2 is 1.69 bits per heavy atom. The number of amides is 1. The first-order valence-electron chi connectivity index (χ1n) is 10.8. The van der Waals surface area contributed by atoms with E-state index >= 15 is 0 Å². The Labute approximate surface area is 220 Å². The standard InChI is InChI=1S/C13H15BrN2O2.C11H12BrN3O2/c1-8-10-7-9(14)5-6-11(10)16(15-8,12(17)18)13(2,3)4;1-11(2,3)17-10(16)15-9-7(5-14-15)4-8(12)6-13-9/h5-7H,1-4H3;4-6H,1-3H3/p+1. The number of quaternary nitrogens is 1. The third kappa shape index (κ3) is 5.31. The molecule has 1 aliphatic rings. The smallest absolute Gasteiger partial charge is 0.442 e. The van der Waals surface area contributed by atoms with Crippen molar-refractivity contribution >= 4 is 66.5 Å². The second kappa shape index (κ2) is 9.44. The maximum atomic E-state index is 11.8. The van der Waals surface area contributed by atoms with Gasteiger partial charge in [0.05, 0.1) is 11.8 Å². The van der Waals surface area contributed by atoms with Gasteiger partial charge >= 0.3 is 12.2 Å². The van der Waals surface area contributed by atoms with Crippen molar-refractivity contribution in [1.82, 2.24) is 19.4 Å². The largest absolute Gasteiger partial charge is 0.546 e. The van der Waals surface area contributed by atoms with E-state index in [4.69, 9.17) is 4.74 Å². The maximum absolute atomic E-state index is 11.8. The Hall–Kier alpha value is -2.63. The minimum Gasteiger partial charge on any atom is -0.442 e. The van der Waals surface area contributed by atoms with E-state index in [0.717, 1.165) is 36.0 Å². The van der Waals surface area contributed by atoms with Crippen LogP contribution in [0.5, 0.6) is 0 Å². The van der Waals surface area contributed by atoms with Crippen molar-refractivity contribution in [2.45, 2.75) is 59.6 Å². The number of carboxylic acid groups (broad SMARTS) is 1. The summed E-state index contributed by atoms with van der Waals surface area (Å²) < 4.78 is 7.76. The highest BCUT2D eigenvalue weighted by Gasteiger charge is 2.56. The molecule has 0 radical (unpaired) electrons. The number of hydrogen-bond acceptors (Lipinski definition) is 6. The lowest BCUT2D eigenvalue weighted by molar-refractivity contribution is 0.0521. The van der Waals surface area contributed by atoms with Crippen molar-refractivity contribution in [3.8, 4) is 0 Å². The monoisotopic (exact) mass is 608 g/mol. The van der Waals surface area contributed by atoms with Crippen molar-refractivity contribution in [3.63, 3.8) is 0 Å². The number of pyridine rings is 1. The first-order valence-corrected chi connectivity index (χ1v) is 12.4. The van der Waals surface area contributed by atoms with Gasteiger partial charge in [0.2, 0.25) is 0 Å². The molecule has 0 bridgehead atoms. The van der Waals surface area contributed by atoms with Crippen LogP contribution in [0.15, 0.2) is 50.7 Å². The number of carbonyl (C=O) groups excluding carboxylic acids is 1. The van der Waals surface area contributed by atoms with Crippen LogP contribution in [0.4, 0.5) is 15.3 Å². The molecule has 1 amide bonds. The summed E-state index contributed by atoms with van der Waals surface area (Å²) in [5.41, 5.74) is 1.75. The number of ether oxygens (including phenoxy) is 1. The molecule has 1 unspecified atom stereocenters. The molecule has 0 spiro atoms. The van der Waals surface area contributed by atoms with Crippen LogP contribution < -0.4 is 4.59 Å². The van der Waals surface area contributed by atoms with Gasteiger partial charge in [-0.05, 0) is 82.6 Å². The van der Waals surface area contributed by atoms with Crippen molar-refractivity contribution in [2.24, 2.45) is 5.10 Å². The molecule has 0 fully saturated rings. The summed E-state index contributed by atoms with van der Waals surface area (Å²) in [6.45, 7) is 12.9. The number of nitrogens with zero attached hydrogens (tertiary/aromatic N) is 5. The van der Waals surface area contributed by atoms with Gasteiger partial charge in [-0.1, -0.05) is 25.6 Å². The Kier molecular flexibility index (Phi) is 7.27. The number of fused-ring (bicyclic) bond motifs is 2. The minimum absolute atomic E-state index is 0.401. The number of rotatable bonds is 0. The van der Waals surface area contributed by atoms with Gasteiger partial charge in [-0.25, -0.2) is 9.78 Å². The molecule has 35 heavy (non-hydrogen) atoms. The van der Waals surface area contributed by atoms with Gasteiger partial charge < -0.3 is 9.84 Å². The molecular weight excluding hydrogens is 582 g/mol. The highest BCUT2D eigenvalue weighted by molar-refractivity contribution is 9.10. The number of benzene rings is 1. The van der Waals surface area contributed by atoms with Crippen LogP contribution in [0.1, 0.15) is 54.0 Å². The molecule has 0 saturated heterocycles.